The average molecular weight is 719 g/mol. The Bertz CT molecular complexity index is 1240. The smallest absolute Gasteiger partial charge is 0.261 e. The highest BCUT2D eigenvalue weighted by atomic mass is 127. The molecule has 0 N–H and O–H groups in total. The van der Waals surface area contributed by atoms with E-state index in [0.717, 1.165) is 25.1 Å². The molecule has 0 aliphatic carbocycles. The number of rotatable bonds is 19. The molecule has 234 valence electrons. The number of carbonyl (C=O) groups is 2. The van der Waals surface area contributed by atoms with Crippen molar-refractivity contribution in [2.75, 3.05) is 6.61 Å². The number of unbranched alkanes of at least 4 members (excludes halogenated alkanes) is 11. The fourth-order valence-electron chi connectivity index (χ4n) is 5.13. The maximum absolute atomic E-state index is 13.7. The molecule has 2 amide bonds. The molecule has 2 aromatic carbocycles. The number of benzene rings is 2. The van der Waals surface area contributed by atoms with Crippen LogP contribution in [0.15, 0.2) is 72.9 Å². The molecule has 0 unspecified atom stereocenters. The molecule has 0 fully saturated rings. The van der Waals surface area contributed by atoms with E-state index in [2.05, 4.69) is 6.92 Å². The second-order valence-corrected chi connectivity index (χ2v) is 11.3. The maximum atomic E-state index is 13.7. The zero-order chi connectivity index (χ0) is 30.0. The van der Waals surface area contributed by atoms with Crippen molar-refractivity contribution < 1.29 is 42.9 Å². The van der Waals surface area contributed by atoms with Crippen LogP contribution in [0.5, 0.6) is 5.75 Å². The fraction of sp³-hybridized carbons (Fsp3) is 0.472. The van der Waals surface area contributed by atoms with Crippen LogP contribution in [-0.2, 0) is 13.1 Å². The minimum atomic E-state index is -0.398. The van der Waals surface area contributed by atoms with Crippen molar-refractivity contribution in [3.8, 4) is 5.75 Å². The van der Waals surface area contributed by atoms with Gasteiger partial charge >= 0.3 is 0 Å². The molecule has 0 spiro atoms. The lowest BCUT2D eigenvalue weighted by Crippen LogP contribution is -3.00. The number of hydrogen-bond acceptors (Lipinski definition) is 3. The molecule has 0 aliphatic heterocycles. The highest BCUT2D eigenvalue weighted by Crippen LogP contribution is 2.27. The van der Waals surface area contributed by atoms with Crippen molar-refractivity contribution in [2.24, 2.45) is 0 Å². The van der Waals surface area contributed by atoms with Crippen LogP contribution in [0.4, 0.5) is 0 Å². The third-order valence-corrected chi connectivity index (χ3v) is 7.94. The zero-order valence-corrected chi connectivity index (χ0v) is 28.8. The minimum Gasteiger partial charge on any atom is -1.00 e. The first-order valence-electron chi connectivity index (χ1n) is 15.9. The number of aryl methyl sites for hydroxylation is 1. The summed E-state index contributed by atoms with van der Waals surface area (Å²) in [6.45, 7) is 5.77. The monoisotopic (exact) mass is 718 g/mol. The molecule has 3 aromatic rings. The van der Waals surface area contributed by atoms with Gasteiger partial charge in [0.25, 0.3) is 11.8 Å². The summed E-state index contributed by atoms with van der Waals surface area (Å²) in [5.41, 5.74) is 1.67. The van der Waals surface area contributed by atoms with Crippen LogP contribution in [0.1, 0.15) is 117 Å². The van der Waals surface area contributed by atoms with Gasteiger partial charge in [-0.15, -0.1) is 0 Å². The zero-order valence-electron chi connectivity index (χ0n) is 25.9. The van der Waals surface area contributed by atoms with Crippen LogP contribution >= 0.6 is 11.6 Å². The standard InChI is InChI=1S/C36H48ClN2O3.HI/c1-3-5-6-7-8-9-10-11-12-13-14-20-27-42-34-25-24-31(28-33(34)37)36(41)39(35(40)30-21-16-15-17-22-30)29-32-23-18-19-26-38(32)4-2;/h15-19,21-26,28H,3-14,20,27,29H2,1-2H3;1H/q+1;/p-1. The van der Waals surface area contributed by atoms with Crippen molar-refractivity contribution in [3.05, 3.63) is 94.8 Å². The van der Waals surface area contributed by atoms with Crippen LogP contribution in [0.25, 0.3) is 0 Å². The number of imide groups is 1. The second kappa shape index (κ2) is 21.3. The number of pyridine rings is 1. The van der Waals surface area contributed by atoms with Gasteiger partial charge in [0.15, 0.2) is 6.20 Å². The molecular weight excluding hydrogens is 671 g/mol. The third-order valence-electron chi connectivity index (χ3n) is 7.64. The van der Waals surface area contributed by atoms with Gasteiger partial charge in [-0.1, -0.05) is 113 Å². The number of aromatic nitrogens is 1. The van der Waals surface area contributed by atoms with Crippen LogP contribution in [0.2, 0.25) is 5.02 Å². The van der Waals surface area contributed by atoms with E-state index in [9.17, 15) is 9.59 Å². The van der Waals surface area contributed by atoms with Gasteiger partial charge in [-0.2, -0.15) is 0 Å². The maximum Gasteiger partial charge on any atom is 0.261 e. The van der Waals surface area contributed by atoms with Crippen LogP contribution < -0.4 is 33.3 Å². The summed E-state index contributed by atoms with van der Waals surface area (Å²) in [6.07, 6.45) is 17.5. The molecule has 7 heteroatoms. The van der Waals surface area contributed by atoms with E-state index in [1.54, 1.807) is 42.5 Å². The summed E-state index contributed by atoms with van der Waals surface area (Å²) in [7, 11) is 0. The van der Waals surface area contributed by atoms with Crippen LogP contribution in [0.3, 0.4) is 0 Å². The first-order chi connectivity index (χ1) is 20.5. The Labute approximate surface area is 281 Å². The van der Waals surface area contributed by atoms with Gasteiger partial charge in [-0.25, -0.2) is 4.57 Å². The highest BCUT2D eigenvalue weighted by molar-refractivity contribution is 6.32. The number of hydrogen-bond donors (Lipinski definition) is 0. The molecule has 0 atom stereocenters. The summed E-state index contributed by atoms with van der Waals surface area (Å²) >= 11 is 6.55. The lowest BCUT2D eigenvalue weighted by Gasteiger charge is -2.21. The van der Waals surface area contributed by atoms with Gasteiger partial charge in [-0.05, 0) is 43.7 Å². The Morgan fingerprint density at radius 1 is 0.721 bits per heavy atom. The molecule has 0 saturated carbocycles. The molecule has 1 aromatic heterocycles. The van der Waals surface area contributed by atoms with Crippen molar-refractivity contribution in [1.29, 1.82) is 0 Å². The van der Waals surface area contributed by atoms with E-state index in [4.69, 9.17) is 16.3 Å². The molecule has 0 aliphatic rings. The van der Waals surface area contributed by atoms with Crippen molar-refractivity contribution in [2.45, 2.75) is 104 Å². The lowest BCUT2D eigenvalue weighted by atomic mass is 10.1. The Morgan fingerprint density at radius 2 is 1.30 bits per heavy atom. The molecular formula is C36H48ClIN2O3. The van der Waals surface area contributed by atoms with Gasteiger partial charge in [0.1, 0.15) is 18.8 Å². The third kappa shape index (κ3) is 12.6. The normalized spacial score (nSPS) is 10.7. The molecule has 3 rings (SSSR count). The van der Waals surface area contributed by atoms with Crippen molar-refractivity contribution in [3.63, 3.8) is 0 Å². The van der Waals surface area contributed by atoms with E-state index in [1.165, 1.54) is 69.1 Å². The Morgan fingerprint density at radius 3 is 1.91 bits per heavy atom. The largest absolute Gasteiger partial charge is 1.00 e. The van der Waals surface area contributed by atoms with Crippen molar-refractivity contribution >= 4 is 23.4 Å². The summed E-state index contributed by atoms with van der Waals surface area (Å²) in [4.78, 5) is 28.5. The molecule has 0 saturated heterocycles. The highest BCUT2D eigenvalue weighted by Gasteiger charge is 2.27. The molecule has 43 heavy (non-hydrogen) atoms. The Balaban J connectivity index is 0.00000645. The van der Waals surface area contributed by atoms with Gasteiger partial charge < -0.3 is 28.7 Å². The van der Waals surface area contributed by atoms with Crippen LogP contribution in [0, 0.1) is 0 Å². The number of carbonyl (C=O) groups excluding carboxylic acids is 2. The first kappa shape index (κ1) is 36.7. The minimum absolute atomic E-state index is 0. The number of ether oxygens (including phenoxy) is 1. The van der Waals surface area contributed by atoms with Gasteiger partial charge in [0.05, 0.1) is 11.6 Å². The average Bonchev–Trinajstić information content (AvgIpc) is 3.02. The Hall–Kier alpha value is -2.45. The van der Waals surface area contributed by atoms with E-state index in [0.29, 0.717) is 28.5 Å². The predicted molar refractivity (Wildman–Crippen MR) is 171 cm³/mol. The molecule has 0 bridgehead atoms. The number of nitrogens with zero attached hydrogens (tertiary/aromatic N) is 2. The van der Waals surface area contributed by atoms with Gasteiger partial charge in [0, 0.05) is 23.3 Å². The summed E-state index contributed by atoms with van der Waals surface area (Å²) < 4.78 is 7.97. The van der Waals surface area contributed by atoms with E-state index < -0.39 is 5.91 Å². The number of amides is 2. The van der Waals surface area contributed by atoms with E-state index in [1.807, 2.05) is 42.0 Å². The predicted octanol–water partition coefficient (Wildman–Crippen LogP) is 6.21. The summed E-state index contributed by atoms with van der Waals surface area (Å²) in [6, 6.07) is 19.7. The summed E-state index contributed by atoms with van der Waals surface area (Å²) in [5, 5.41) is 0.371. The fourth-order valence-corrected chi connectivity index (χ4v) is 5.37. The summed E-state index contributed by atoms with van der Waals surface area (Å²) in [5.74, 6) is -0.190. The van der Waals surface area contributed by atoms with E-state index in [-0.39, 0.29) is 36.4 Å². The topological polar surface area (TPSA) is 50.5 Å². The van der Waals surface area contributed by atoms with Crippen LogP contribution in [-0.4, -0.2) is 23.3 Å². The van der Waals surface area contributed by atoms with Gasteiger partial charge in [-0.3, -0.25) is 14.5 Å². The lowest BCUT2D eigenvalue weighted by molar-refractivity contribution is -0.701. The first-order valence-corrected chi connectivity index (χ1v) is 16.2. The van der Waals surface area contributed by atoms with Gasteiger partial charge in [0.2, 0.25) is 5.69 Å². The van der Waals surface area contributed by atoms with E-state index >= 15 is 0 Å². The van der Waals surface area contributed by atoms with Crippen molar-refractivity contribution in [1.82, 2.24) is 4.90 Å². The second-order valence-electron chi connectivity index (χ2n) is 10.9. The quantitative estimate of drug-likeness (QED) is 0.0641. The number of halogens is 2. The SMILES string of the molecule is CCCCCCCCCCCCCCOc1ccc(C(=O)N(Cc2cccc[n+]2CC)C(=O)c2ccccc2)cc1Cl.[I-]. The molecule has 0 radical (unpaired) electrons. The molecule has 1 heterocycles. The Kier molecular flexibility index (Phi) is 18.2. The molecule has 5 nitrogen and oxygen atoms in total.